The highest BCUT2D eigenvalue weighted by atomic mass is 35.5. The molecule has 0 aliphatic heterocycles. The van der Waals surface area contributed by atoms with Crippen LogP contribution in [0.2, 0.25) is 10.0 Å². The number of nitrogens with one attached hydrogen (secondary N) is 2. The Morgan fingerprint density at radius 1 is 0.867 bits per heavy atom. The van der Waals surface area contributed by atoms with E-state index in [0.29, 0.717) is 27.5 Å². The molecule has 8 heteroatoms. The maximum absolute atomic E-state index is 12.9. The van der Waals surface area contributed by atoms with Crippen LogP contribution in [0.3, 0.4) is 0 Å². The standard InChI is InChI=1S/C22H16Cl2FN3O2/c1-13(27-28-21(29)15-2-7-17(25)8-3-15)14-4-9-18(10-5-14)26-22(30)19-11-6-16(23)12-20(19)24/h2-12H,1H3,(H,26,30)(H,28,29)/b27-13-. The molecular weight excluding hydrogens is 428 g/mol. The number of rotatable bonds is 5. The lowest BCUT2D eigenvalue weighted by Gasteiger charge is -2.08. The van der Waals surface area contributed by atoms with Gasteiger partial charge in [0.2, 0.25) is 0 Å². The number of halogens is 3. The van der Waals surface area contributed by atoms with Crippen molar-refractivity contribution in [2.75, 3.05) is 5.32 Å². The molecule has 30 heavy (non-hydrogen) atoms. The Balaban J connectivity index is 1.64. The molecule has 0 bridgehead atoms. The molecule has 2 amide bonds. The molecule has 5 nitrogen and oxygen atoms in total. The van der Waals surface area contributed by atoms with Crippen LogP contribution in [0.5, 0.6) is 0 Å². The van der Waals surface area contributed by atoms with Crippen molar-refractivity contribution in [3.05, 3.63) is 99.3 Å². The first-order valence-corrected chi connectivity index (χ1v) is 9.56. The maximum atomic E-state index is 12.9. The second-order valence-electron chi connectivity index (χ2n) is 6.30. The molecule has 0 heterocycles. The van der Waals surface area contributed by atoms with Gasteiger partial charge in [0.25, 0.3) is 11.8 Å². The van der Waals surface area contributed by atoms with Crippen LogP contribution in [0.15, 0.2) is 71.8 Å². The van der Waals surface area contributed by atoms with Gasteiger partial charge in [0.05, 0.1) is 16.3 Å². The highest BCUT2D eigenvalue weighted by Gasteiger charge is 2.11. The maximum Gasteiger partial charge on any atom is 0.271 e. The van der Waals surface area contributed by atoms with Gasteiger partial charge in [-0.25, -0.2) is 9.82 Å². The summed E-state index contributed by atoms with van der Waals surface area (Å²) in [6.07, 6.45) is 0. The largest absolute Gasteiger partial charge is 0.322 e. The Morgan fingerprint density at radius 3 is 2.13 bits per heavy atom. The number of hydrogen-bond donors (Lipinski definition) is 2. The lowest BCUT2D eigenvalue weighted by Crippen LogP contribution is -2.19. The molecule has 0 fully saturated rings. The minimum atomic E-state index is -0.446. The number of hydrazone groups is 1. The Labute approximate surface area is 182 Å². The van der Waals surface area contributed by atoms with E-state index in [1.165, 1.54) is 30.3 Å². The number of carbonyl (C=O) groups is 2. The van der Waals surface area contributed by atoms with Gasteiger partial charge in [0.1, 0.15) is 5.82 Å². The highest BCUT2D eigenvalue weighted by molar-refractivity contribution is 6.37. The second kappa shape index (κ2) is 9.52. The van der Waals surface area contributed by atoms with Crippen molar-refractivity contribution in [2.24, 2.45) is 5.10 Å². The van der Waals surface area contributed by atoms with E-state index in [-0.39, 0.29) is 10.9 Å². The van der Waals surface area contributed by atoms with Crippen LogP contribution in [-0.2, 0) is 0 Å². The summed E-state index contributed by atoms with van der Waals surface area (Å²) < 4.78 is 12.9. The monoisotopic (exact) mass is 443 g/mol. The third kappa shape index (κ3) is 5.43. The van der Waals surface area contributed by atoms with Crippen molar-refractivity contribution in [2.45, 2.75) is 6.92 Å². The van der Waals surface area contributed by atoms with Gasteiger partial charge in [0.15, 0.2) is 0 Å². The van der Waals surface area contributed by atoms with Crippen molar-refractivity contribution in [1.29, 1.82) is 0 Å². The van der Waals surface area contributed by atoms with E-state index in [4.69, 9.17) is 23.2 Å². The SMILES string of the molecule is C/C(=N/NC(=O)c1ccc(F)cc1)c1ccc(NC(=O)c2ccc(Cl)cc2Cl)cc1. The van der Waals surface area contributed by atoms with Crippen molar-refractivity contribution < 1.29 is 14.0 Å². The van der Waals surface area contributed by atoms with Crippen molar-refractivity contribution in [3.8, 4) is 0 Å². The predicted octanol–water partition coefficient (Wildman–Crippen LogP) is 5.54. The van der Waals surface area contributed by atoms with Crippen LogP contribution in [0, 0.1) is 5.82 Å². The Morgan fingerprint density at radius 2 is 1.50 bits per heavy atom. The summed E-state index contributed by atoms with van der Waals surface area (Å²) in [6.45, 7) is 1.73. The van der Waals surface area contributed by atoms with Gasteiger partial charge in [-0.05, 0) is 67.1 Å². The van der Waals surface area contributed by atoms with Gasteiger partial charge < -0.3 is 5.32 Å². The number of anilines is 1. The number of carbonyl (C=O) groups excluding carboxylic acids is 2. The fourth-order valence-corrected chi connectivity index (χ4v) is 3.03. The fourth-order valence-electron chi connectivity index (χ4n) is 2.53. The van der Waals surface area contributed by atoms with Crippen molar-refractivity contribution >= 4 is 46.4 Å². The van der Waals surface area contributed by atoms with Gasteiger partial charge in [0, 0.05) is 16.3 Å². The molecule has 0 unspecified atom stereocenters. The molecular formula is C22H16Cl2FN3O2. The van der Waals surface area contributed by atoms with Crippen LogP contribution in [-0.4, -0.2) is 17.5 Å². The molecule has 0 saturated carbocycles. The predicted molar refractivity (Wildman–Crippen MR) is 117 cm³/mol. The fraction of sp³-hybridized carbons (Fsp3) is 0.0455. The van der Waals surface area contributed by atoms with Crippen LogP contribution in [0.1, 0.15) is 33.2 Å². The lowest BCUT2D eigenvalue weighted by molar-refractivity contribution is 0.0954. The van der Waals surface area contributed by atoms with Crippen LogP contribution in [0.25, 0.3) is 0 Å². The topological polar surface area (TPSA) is 70.6 Å². The summed E-state index contributed by atoms with van der Waals surface area (Å²) in [5.74, 6) is -1.23. The van der Waals surface area contributed by atoms with Crippen LogP contribution < -0.4 is 10.7 Å². The summed E-state index contributed by atoms with van der Waals surface area (Å²) in [5, 5.41) is 7.52. The summed E-state index contributed by atoms with van der Waals surface area (Å²) in [4.78, 5) is 24.4. The molecule has 0 atom stereocenters. The Kier molecular flexibility index (Phi) is 6.82. The molecule has 3 aromatic rings. The molecule has 152 valence electrons. The van der Waals surface area contributed by atoms with Crippen molar-refractivity contribution in [3.63, 3.8) is 0 Å². The Bertz CT molecular complexity index is 1110. The normalized spacial score (nSPS) is 11.1. The van der Waals surface area contributed by atoms with Crippen LogP contribution in [0.4, 0.5) is 10.1 Å². The summed E-state index contributed by atoms with van der Waals surface area (Å²) in [6, 6.07) is 16.7. The van der Waals surface area contributed by atoms with Crippen LogP contribution >= 0.6 is 23.2 Å². The molecule has 0 spiro atoms. The first kappa shape index (κ1) is 21.5. The van der Waals surface area contributed by atoms with E-state index in [1.54, 1.807) is 43.3 Å². The van der Waals surface area contributed by atoms with E-state index in [9.17, 15) is 14.0 Å². The third-order valence-electron chi connectivity index (χ3n) is 4.17. The quantitative estimate of drug-likeness (QED) is 0.401. The molecule has 2 N–H and O–H groups in total. The second-order valence-corrected chi connectivity index (χ2v) is 7.14. The molecule has 3 aromatic carbocycles. The van der Waals surface area contributed by atoms with Gasteiger partial charge in [-0.15, -0.1) is 0 Å². The number of amides is 2. The van der Waals surface area contributed by atoms with Gasteiger partial charge >= 0.3 is 0 Å². The zero-order valence-corrected chi connectivity index (χ0v) is 17.3. The number of nitrogens with zero attached hydrogens (tertiary/aromatic N) is 1. The summed E-state index contributed by atoms with van der Waals surface area (Å²) in [7, 11) is 0. The zero-order chi connectivity index (χ0) is 21.7. The molecule has 0 radical (unpaired) electrons. The van der Waals surface area contributed by atoms with E-state index in [1.807, 2.05) is 0 Å². The van der Waals surface area contributed by atoms with E-state index >= 15 is 0 Å². The smallest absolute Gasteiger partial charge is 0.271 e. The molecule has 0 aliphatic rings. The van der Waals surface area contributed by atoms with Gasteiger partial charge in [-0.3, -0.25) is 9.59 Å². The third-order valence-corrected chi connectivity index (χ3v) is 4.72. The number of hydrogen-bond acceptors (Lipinski definition) is 3. The first-order chi connectivity index (χ1) is 14.3. The van der Waals surface area contributed by atoms with E-state index in [0.717, 1.165) is 5.56 Å². The Hall–Kier alpha value is -3.22. The zero-order valence-electron chi connectivity index (χ0n) is 15.7. The van der Waals surface area contributed by atoms with E-state index in [2.05, 4.69) is 15.8 Å². The highest BCUT2D eigenvalue weighted by Crippen LogP contribution is 2.22. The van der Waals surface area contributed by atoms with Gasteiger partial charge in [-0.1, -0.05) is 35.3 Å². The molecule has 0 saturated heterocycles. The van der Waals surface area contributed by atoms with Gasteiger partial charge in [-0.2, -0.15) is 5.10 Å². The number of benzene rings is 3. The molecule has 3 rings (SSSR count). The van der Waals surface area contributed by atoms with Crippen molar-refractivity contribution in [1.82, 2.24) is 5.43 Å². The lowest BCUT2D eigenvalue weighted by atomic mass is 10.1. The average Bonchev–Trinajstić information content (AvgIpc) is 2.72. The first-order valence-electron chi connectivity index (χ1n) is 8.80. The molecule has 0 aliphatic carbocycles. The molecule has 0 aromatic heterocycles. The summed E-state index contributed by atoms with van der Waals surface area (Å²) >= 11 is 11.9. The summed E-state index contributed by atoms with van der Waals surface area (Å²) in [5.41, 5.74) is 4.91. The van der Waals surface area contributed by atoms with E-state index < -0.39 is 11.7 Å². The minimum absolute atomic E-state index is 0.261. The minimum Gasteiger partial charge on any atom is -0.322 e. The average molecular weight is 444 g/mol.